The molecule has 0 fully saturated rings. The Morgan fingerprint density at radius 2 is 1.06 bits per heavy atom. The second-order valence-electron chi connectivity index (χ2n) is 25.8. The molecular weight excluding hydrogens is 873 g/mol. The Bertz CT molecular complexity index is 3340. The first-order chi connectivity index (χ1) is 34.0. The summed E-state index contributed by atoms with van der Waals surface area (Å²) in [5.74, 6) is 1.04. The van der Waals surface area contributed by atoms with Gasteiger partial charge in [0, 0.05) is 39.3 Å². The number of benzene rings is 7. The van der Waals surface area contributed by atoms with Gasteiger partial charge in [0.1, 0.15) is 11.9 Å². The number of para-hydroxylation sites is 1. The van der Waals surface area contributed by atoms with Crippen LogP contribution in [0.3, 0.4) is 0 Å². The van der Waals surface area contributed by atoms with Gasteiger partial charge >= 0.3 is 0 Å². The number of ether oxygens (including phenoxy) is 1. The van der Waals surface area contributed by atoms with E-state index in [9.17, 15) is 0 Å². The van der Waals surface area contributed by atoms with Crippen molar-refractivity contribution in [1.82, 2.24) is 0 Å². The molecule has 7 aromatic carbocycles. The van der Waals surface area contributed by atoms with E-state index in [4.69, 9.17) is 4.74 Å². The predicted octanol–water partition coefficient (Wildman–Crippen LogP) is 18.6. The number of rotatable bonds is 6. The monoisotopic (exact) mass is 947 g/mol. The summed E-state index contributed by atoms with van der Waals surface area (Å²) in [5, 5.41) is 5.15. The van der Waals surface area contributed by atoms with E-state index in [1.807, 2.05) is 0 Å². The number of hydrogen-bond donors (Lipinski definition) is 0. The number of allylic oxidation sites excluding steroid dienone is 3. The third-order valence-electron chi connectivity index (χ3n) is 16.4. The molecule has 1 aliphatic heterocycles. The first kappa shape index (κ1) is 47.7. The molecule has 0 aromatic heterocycles. The average molecular weight is 947 g/mol. The number of hydrogen-bond acceptors (Lipinski definition) is 3. The molecule has 1 heterocycles. The highest BCUT2D eigenvalue weighted by molar-refractivity contribution is 6.19. The van der Waals surface area contributed by atoms with E-state index in [0.29, 0.717) is 0 Å². The van der Waals surface area contributed by atoms with Crippen LogP contribution < -0.4 is 14.5 Å². The van der Waals surface area contributed by atoms with Gasteiger partial charge in [0.05, 0.1) is 17.7 Å². The molecule has 7 aromatic rings. The lowest BCUT2D eigenvalue weighted by Gasteiger charge is -2.38. The minimum Gasteiger partial charge on any atom is -0.485 e. The summed E-state index contributed by atoms with van der Waals surface area (Å²) < 4.78 is 7.11. The van der Waals surface area contributed by atoms with E-state index >= 15 is 0 Å². The van der Waals surface area contributed by atoms with Crippen molar-refractivity contribution in [2.24, 2.45) is 5.41 Å². The lowest BCUT2D eigenvalue weighted by atomic mass is 9.69. The summed E-state index contributed by atoms with van der Waals surface area (Å²) in [6.45, 7) is 32.6. The Labute approximate surface area is 430 Å². The van der Waals surface area contributed by atoms with Crippen LogP contribution in [0.25, 0.3) is 27.1 Å². The largest absolute Gasteiger partial charge is 0.485 e. The lowest BCUT2D eigenvalue weighted by Crippen LogP contribution is -2.32. The second kappa shape index (κ2) is 16.7. The summed E-state index contributed by atoms with van der Waals surface area (Å²) in [6.07, 6.45) is 10.5. The number of anilines is 4. The molecule has 0 bridgehead atoms. The summed E-state index contributed by atoms with van der Waals surface area (Å²) in [4.78, 5) is 5.12. The Kier molecular flexibility index (Phi) is 11.1. The number of fused-ring (bicyclic) bond motifs is 11. The molecule has 0 amide bonds. The number of nitrogens with zero attached hydrogens (tertiary/aromatic N) is 2. The smallest absolute Gasteiger partial charge is 0.130 e. The van der Waals surface area contributed by atoms with Gasteiger partial charge in [-0.05, 0) is 149 Å². The molecule has 3 aliphatic carbocycles. The quantitative estimate of drug-likeness (QED) is 0.155. The normalized spacial score (nSPS) is 19.3. The highest BCUT2D eigenvalue weighted by Gasteiger charge is 2.52. The van der Waals surface area contributed by atoms with Crippen LogP contribution in [0.5, 0.6) is 5.75 Å². The molecule has 0 N–H and O–H groups in total. The van der Waals surface area contributed by atoms with Crippen LogP contribution in [0, 0.1) is 5.41 Å². The van der Waals surface area contributed by atoms with Gasteiger partial charge in [-0.15, -0.1) is 0 Å². The first-order valence-electron chi connectivity index (χ1n) is 26.5. The second-order valence-corrected chi connectivity index (χ2v) is 25.8. The van der Waals surface area contributed by atoms with E-state index in [-0.39, 0.29) is 45.1 Å². The molecule has 3 heteroatoms. The third-order valence-corrected chi connectivity index (χ3v) is 16.4. The predicted molar refractivity (Wildman–Crippen MR) is 308 cm³/mol. The van der Waals surface area contributed by atoms with Crippen molar-refractivity contribution in [3.63, 3.8) is 0 Å². The summed E-state index contributed by atoms with van der Waals surface area (Å²) >= 11 is 0. The van der Waals surface area contributed by atoms with Crippen molar-refractivity contribution >= 4 is 49.9 Å². The van der Waals surface area contributed by atoms with Crippen molar-refractivity contribution in [2.75, 3.05) is 9.80 Å². The molecule has 4 aliphatic rings. The van der Waals surface area contributed by atoms with E-state index in [1.165, 1.54) is 88.7 Å². The third kappa shape index (κ3) is 7.94. The molecule has 3 nitrogen and oxygen atoms in total. The molecule has 72 heavy (non-hydrogen) atoms. The van der Waals surface area contributed by atoms with Gasteiger partial charge in [0.2, 0.25) is 0 Å². The van der Waals surface area contributed by atoms with Crippen molar-refractivity contribution in [1.29, 1.82) is 0 Å². The van der Waals surface area contributed by atoms with Crippen LogP contribution >= 0.6 is 0 Å². The maximum atomic E-state index is 7.11. The van der Waals surface area contributed by atoms with Crippen molar-refractivity contribution in [3.8, 4) is 5.75 Å². The van der Waals surface area contributed by atoms with Gasteiger partial charge in [0.25, 0.3) is 0 Å². The van der Waals surface area contributed by atoms with E-state index in [0.717, 1.165) is 23.5 Å². The van der Waals surface area contributed by atoms with Crippen LogP contribution in [-0.2, 0) is 21.7 Å². The van der Waals surface area contributed by atoms with E-state index in [2.05, 4.69) is 271 Å². The summed E-state index contributed by atoms with van der Waals surface area (Å²) in [6, 6.07) is 53.5. The molecule has 11 rings (SSSR count). The Hall–Kier alpha value is -6.58. The lowest BCUT2D eigenvalue weighted by molar-refractivity contribution is 0.258. The van der Waals surface area contributed by atoms with Gasteiger partial charge in [-0.3, -0.25) is 0 Å². The summed E-state index contributed by atoms with van der Waals surface area (Å²) in [7, 11) is 0. The zero-order chi connectivity index (χ0) is 50.9. The first-order valence-corrected chi connectivity index (χ1v) is 26.5. The Morgan fingerprint density at radius 3 is 1.60 bits per heavy atom. The van der Waals surface area contributed by atoms with Crippen molar-refractivity contribution < 1.29 is 4.74 Å². The molecule has 366 valence electrons. The SMILES string of the molecule is CC(C)(C)C1=CCC(N(c2ccc(C(C)(C)C)cc2)c2ccc3c4c(c5ccccc5c3c2)C2=C(C3c5ccccc5OC3C=C2N(c2ccc(C(C)(C)C)cc2)c2ccc(C(C)(C)C)cc2)C4(C)C)C=C1. The Balaban J connectivity index is 1.15. The molecule has 3 atom stereocenters. The Morgan fingerprint density at radius 1 is 0.528 bits per heavy atom. The molecule has 0 saturated carbocycles. The molecule has 3 unspecified atom stereocenters. The minimum absolute atomic E-state index is 0.0241. The van der Waals surface area contributed by atoms with Gasteiger partial charge in [0.15, 0.2) is 0 Å². The minimum atomic E-state index is -0.363. The topological polar surface area (TPSA) is 15.7 Å². The summed E-state index contributed by atoms with van der Waals surface area (Å²) in [5.41, 5.74) is 17.8. The van der Waals surface area contributed by atoms with Gasteiger partial charge in [-0.2, -0.15) is 0 Å². The zero-order valence-corrected chi connectivity index (χ0v) is 45.3. The fourth-order valence-electron chi connectivity index (χ4n) is 12.4. The van der Waals surface area contributed by atoms with Gasteiger partial charge < -0.3 is 14.5 Å². The highest BCUT2D eigenvalue weighted by atomic mass is 16.5. The molecule has 0 saturated heterocycles. The van der Waals surface area contributed by atoms with Gasteiger partial charge in [-0.25, -0.2) is 0 Å². The molecular formula is C69H74N2O. The van der Waals surface area contributed by atoms with Gasteiger partial charge in [-0.1, -0.05) is 200 Å². The molecule has 0 radical (unpaired) electrons. The van der Waals surface area contributed by atoms with Crippen LogP contribution in [-0.4, -0.2) is 12.1 Å². The highest BCUT2D eigenvalue weighted by Crippen LogP contribution is 2.64. The maximum Gasteiger partial charge on any atom is 0.130 e. The van der Waals surface area contributed by atoms with E-state index < -0.39 is 0 Å². The standard InChI is InChI=1S/C69H74N2O/c1-65(2,3)43-23-31-47(32-24-43)70(48-33-25-44(26-34-48)66(4,5)6)51-39-40-54-56(41-51)52-19-15-16-20-53(52)61-62-57(42-59-60(64(62)69(13,14)63(54)61)55-21-17-18-22-58(55)72-59)71(49-35-27-45(28-36-49)67(7,8)9)50-37-29-46(30-38-50)68(10,11)12/h15-33,35-42,48,59-60H,34H2,1-14H3. The van der Waals surface area contributed by atoms with E-state index in [1.54, 1.807) is 0 Å². The van der Waals surface area contributed by atoms with Crippen LogP contribution in [0.2, 0.25) is 0 Å². The van der Waals surface area contributed by atoms with Crippen LogP contribution in [0.15, 0.2) is 181 Å². The van der Waals surface area contributed by atoms with Crippen molar-refractivity contribution in [3.05, 3.63) is 214 Å². The fraction of sp³-hybridized carbons (Fsp3) is 0.333. The fourth-order valence-corrected chi connectivity index (χ4v) is 12.4. The van der Waals surface area contributed by atoms with Crippen LogP contribution in [0.1, 0.15) is 143 Å². The zero-order valence-electron chi connectivity index (χ0n) is 45.3. The van der Waals surface area contributed by atoms with Crippen LogP contribution in [0.4, 0.5) is 22.7 Å². The molecule has 0 spiro atoms. The van der Waals surface area contributed by atoms with Crippen molar-refractivity contribution in [2.45, 2.75) is 143 Å². The average Bonchev–Trinajstić information content (AvgIpc) is 3.83. The maximum absolute atomic E-state index is 7.11.